The molecule has 0 aromatic heterocycles. The summed E-state index contributed by atoms with van der Waals surface area (Å²) in [6.07, 6.45) is 8.12. The van der Waals surface area contributed by atoms with E-state index in [2.05, 4.69) is 31.3 Å². The molecule has 0 radical (unpaired) electrons. The highest BCUT2D eigenvalue weighted by Crippen LogP contribution is 2.62. The third-order valence-corrected chi connectivity index (χ3v) is 7.24. The second-order valence-electron chi connectivity index (χ2n) is 9.17. The van der Waals surface area contributed by atoms with E-state index in [1.165, 1.54) is 24.8 Å². The Balaban J connectivity index is 1.42. The van der Waals surface area contributed by atoms with Gasteiger partial charge in [-0.2, -0.15) is 0 Å². The lowest BCUT2D eigenvalue weighted by Gasteiger charge is -2.62. The zero-order valence-corrected chi connectivity index (χ0v) is 15.6. The summed E-state index contributed by atoms with van der Waals surface area (Å²) in [5, 5.41) is 15.6. The largest absolute Gasteiger partial charge is 0.390 e. The number of aliphatic hydroxyl groups is 1. The highest BCUT2D eigenvalue weighted by Gasteiger charge is 2.58. The molecule has 4 bridgehead atoms. The van der Waals surface area contributed by atoms with E-state index in [9.17, 15) is 5.11 Å². The molecule has 0 spiro atoms. The van der Waals surface area contributed by atoms with Gasteiger partial charge in [0, 0.05) is 17.1 Å². The Morgan fingerprint density at radius 1 is 1.12 bits per heavy atom. The first-order valence-corrected chi connectivity index (χ1v) is 9.97. The molecule has 0 amide bonds. The molecule has 0 saturated heterocycles. The molecule has 24 heavy (non-hydrogen) atoms. The molecular weight excluding hydrogens is 318 g/mol. The number of rotatable bonds is 5. The van der Waals surface area contributed by atoms with E-state index in [1.807, 2.05) is 12.1 Å². The van der Waals surface area contributed by atoms with Crippen LogP contribution < -0.4 is 5.32 Å². The molecule has 1 aromatic carbocycles. The molecule has 0 heterocycles. The van der Waals surface area contributed by atoms with Crippen LogP contribution in [0.4, 0.5) is 0 Å². The van der Waals surface area contributed by atoms with Crippen LogP contribution in [0.2, 0.25) is 5.02 Å². The second-order valence-corrected chi connectivity index (χ2v) is 9.60. The zero-order valence-electron chi connectivity index (χ0n) is 14.9. The lowest BCUT2D eigenvalue weighted by atomic mass is 9.46. The van der Waals surface area contributed by atoms with Crippen molar-refractivity contribution in [2.24, 2.45) is 17.3 Å². The van der Waals surface area contributed by atoms with Gasteiger partial charge in [-0.05, 0) is 93.7 Å². The number of halogens is 1. The number of hydrogen-bond donors (Lipinski definition) is 2. The molecule has 1 aromatic rings. The second kappa shape index (κ2) is 6.00. The van der Waals surface area contributed by atoms with Crippen molar-refractivity contribution in [3.05, 3.63) is 34.9 Å². The third-order valence-electron chi connectivity index (χ3n) is 6.98. The van der Waals surface area contributed by atoms with Gasteiger partial charge in [0.05, 0.1) is 5.60 Å². The van der Waals surface area contributed by atoms with Gasteiger partial charge in [-0.1, -0.05) is 23.7 Å². The van der Waals surface area contributed by atoms with Crippen LogP contribution in [0.5, 0.6) is 0 Å². The van der Waals surface area contributed by atoms with Crippen molar-refractivity contribution in [2.45, 2.75) is 76.5 Å². The van der Waals surface area contributed by atoms with Gasteiger partial charge in [0.25, 0.3) is 0 Å². The van der Waals surface area contributed by atoms with Gasteiger partial charge < -0.3 is 10.4 Å². The molecule has 4 fully saturated rings. The summed E-state index contributed by atoms with van der Waals surface area (Å²) >= 11 is 5.98. The maximum absolute atomic E-state index is 11.0. The summed E-state index contributed by atoms with van der Waals surface area (Å²) in [6, 6.07) is 9.10. The molecule has 2 nitrogen and oxygen atoms in total. The van der Waals surface area contributed by atoms with E-state index in [-0.39, 0.29) is 5.60 Å². The molecule has 0 aliphatic heterocycles. The first-order valence-electron chi connectivity index (χ1n) is 9.59. The van der Waals surface area contributed by atoms with Crippen LogP contribution in [-0.4, -0.2) is 22.8 Å². The highest BCUT2D eigenvalue weighted by atomic mass is 35.5. The minimum absolute atomic E-state index is 0.313. The Morgan fingerprint density at radius 3 is 2.33 bits per heavy atom. The van der Waals surface area contributed by atoms with Gasteiger partial charge in [-0.15, -0.1) is 0 Å². The summed E-state index contributed by atoms with van der Waals surface area (Å²) in [4.78, 5) is 0. The Labute approximate surface area is 151 Å². The Hall–Kier alpha value is -0.570. The molecule has 2 N–H and O–H groups in total. The Morgan fingerprint density at radius 2 is 1.75 bits per heavy atom. The van der Waals surface area contributed by atoms with Crippen LogP contribution in [0, 0.1) is 17.3 Å². The van der Waals surface area contributed by atoms with Crippen LogP contribution in [0.3, 0.4) is 0 Å². The quantitative estimate of drug-likeness (QED) is 0.817. The first kappa shape index (κ1) is 16.9. The minimum atomic E-state index is -0.362. The van der Waals surface area contributed by atoms with Crippen molar-refractivity contribution in [3.63, 3.8) is 0 Å². The highest BCUT2D eigenvalue weighted by molar-refractivity contribution is 6.30. The van der Waals surface area contributed by atoms with E-state index < -0.39 is 0 Å². The average molecular weight is 348 g/mol. The van der Waals surface area contributed by atoms with E-state index in [1.54, 1.807) is 0 Å². The van der Waals surface area contributed by atoms with Gasteiger partial charge in [-0.25, -0.2) is 0 Å². The van der Waals surface area contributed by atoms with E-state index in [4.69, 9.17) is 11.6 Å². The molecule has 4 aliphatic rings. The van der Waals surface area contributed by atoms with Gasteiger partial charge in [0.1, 0.15) is 0 Å². The van der Waals surface area contributed by atoms with E-state index >= 15 is 0 Å². The maximum Gasteiger partial charge on any atom is 0.0659 e. The molecule has 4 aliphatic carbocycles. The number of benzene rings is 1. The first-order chi connectivity index (χ1) is 11.4. The van der Waals surface area contributed by atoms with Crippen molar-refractivity contribution < 1.29 is 5.11 Å². The van der Waals surface area contributed by atoms with Crippen LogP contribution >= 0.6 is 11.6 Å². The number of nitrogens with one attached hydrogen (secondary N) is 1. The topological polar surface area (TPSA) is 32.3 Å². The van der Waals surface area contributed by atoms with Gasteiger partial charge >= 0.3 is 0 Å². The van der Waals surface area contributed by atoms with Crippen molar-refractivity contribution in [2.75, 3.05) is 0 Å². The smallest absolute Gasteiger partial charge is 0.0659 e. The number of hydrogen-bond acceptors (Lipinski definition) is 2. The summed E-state index contributed by atoms with van der Waals surface area (Å²) in [6.45, 7) is 4.63. The monoisotopic (exact) mass is 347 g/mol. The molecule has 132 valence electrons. The van der Waals surface area contributed by atoms with E-state index in [0.717, 1.165) is 42.5 Å². The molecule has 5 rings (SSSR count). The maximum atomic E-state index is 11.0. The standard InChI is InChI=1S/C21H30ClNO/c1-14(7-16-3-5-19(22)6-4-16)23-15(2)20-9-17-8-18(10-20)12-21(24,11-17)13-20/h3-6,14-15,17-18,23-24H,7-13H2,1-2H3/t14-,15+,17+,18+,20?,21?/m0/s1. The van der Waals surface area contributed by atoms with Gasteiger partial charge in [0.15, 0.2) is 0 Å². The van der Waals surface area contributed by atoms with Crippen LogP contribution in [-0.2, 0) is 6.42 Å². The summed E-state index contributed by atoms with van der Waals surface area (Å²) in [5.74, 6) is 1.51. The zero-order chi connectivity index (χ0) is 16.9. The predicted molar refractivity (Wildman–Crippen MR) is 99.3 cm³/mol. The van der Waals surface area contributed by atoms with Crippen molar-refractivity contribution in [1.29, 1.82) is 0 Å². The lowest BCUT2D eigenvalue weighted by Crippen LogP contribution is -2.62. The van der Waals surface area contributed by atoms with Crippen LogP contribution in [0.15, 0.2) is 24.3 Å². The molecular formula is C21H30ClNO. The minimum Gasteiger partial charge on any atom is -0.390 e. The molecule has 3 heteroatoms. The van der Waals surface area contributed by atoms with Gasteiger partial charge in [0.2, 0.25) is 0 Å². The fourth-order valence-electron chi connectivity index (χ4n) is 6.43. The van der Waals surface area contributed by atoms with Crippen molar-refractivity contribution in [1.82, 2.24) is 5.32 Å². The predicted octanol–water partition coefficient (Wildman–Crippen LogP) is 4.58. The summed E-state index contributed by atoms with van der Waals surface area (Å²) < 4.78 is 0. The lowest BCUT2D eigenvalue weighted by molar-refractivity contribution is -0.172. The summed E-state index contributed by atoms with van der Waals surface area (Å²) in [5.41, 5.74) is 1.28. The third kappa shape index (κ3) is 3.13. The van der Waals surface area contributed by atoms with E-state index in [0.29, 0.717) is 17.5 Å². The normalized spacial score (nSPS) is 39.8. The summed E-state index contributed by atoms with van der Waals surface area (Å²) in [7, 11) is 0. The van der Waals surface area contributed by atoms with Crippen LogP contribution in [0.25, 0.3) is 0 Å². The fourth-order valence-corrected chi connectivity index (χ4v) is 6.55. The van der Waals surface area contributed by atoms with Crippen LogP contribution in [0.1, 0.15) is 57.9 Å². The van der Waals surface area contributed by atoms with Crippen molar-refractivity contribution >= 4 is 11.6 Å². The van der Waals surface area contributed by atoms with Gasteiger partial charge in [-0.3, -0.25) is 0 Å². The Kier molecular flexibility index (Phi) is 4.22. The fraction of sp³-hybridized carbons (Fsp3) is 0.714. The molecule has 4 saturated carbocycles. The average Bonchev–Trinajstić information content (AvgIpc) is 2.47. The molecule has 4 atom stereocenters. The Bertz CT molecular complexity index is 584. The molecule has 0 unspecified atom stereocenters. The SMILES string of the molecule is C[C@@H](Cc1ccc(Cl)cc1)N[C@H](C)C12C[C@H]3C[C@@H](CC(O)(C3)C1)C2. The van der Waals surface area contributed by atoms with Crippen molar-refractivity contribution in [3.8, 4) is 0 Å².